The van der Waals surface area contributed by atoms with Crippen molar-refractivity contribution in [2.75, 3.05) is 19.7 Å². The highest BCUT2D eigenvalue weighted by molar-refractivity contribution is 7.89. The Morgan fingerprint density at radius 1 is 1.35 bits per heavy atom. The molecule has 0 saturated carbocycles. The normalized spacial score (nSPS) is 21.3. The highest BCUT2D eigenvalue weighted by Crippen LogP contribution is 2.30. The minimum atomic E-state index is -3.58. The van der Waals surface area contributed by atoms with Crippen molar-refractivity contribution < 1.29 is 17.9 Å². The fraction of sp³-hybridized carbons (Fsp3) is 0.471. The van der Waals surface area contributed by atoms with Crippen LogP contribution in [0.1, 0.15) is 30.4 Å². The lowest BCUT2D eigenvalue weighted by Gasteiger charge is -2.36. The first-order valence-electron chi connectivity index (χ1n) is 8.29. The monoisotopic (exact) mass is 418 g/mol. The van der Waals surface area contributed by atoms with Gasteiger partial charge in [-0.1, -0.05) is 0 Å². The minimum absolute atomic E-state index is 0. The summed E-state index contributed by atoms with van der Waals surface area (Å²) in [6.45, 7) is 7.02. The molecule has 0 spiro atoms. The third-order valence-corrected chi connectivity index (χ3v) is 7.35. The zero-order valence-electron chi connectivity index (χ0n) is 14.9. The number of hydrogen-bond acceptors (Lipinski definition) is 6. The highest BCUT2D eigenvalue weighted by Gasteiger charge is 2.33. The smallest absolute Gasteiger partial charge is 0.348 e. The lowest BCUT2D eigenvalue weighted by Crippen LogP contribution is -2.56. The Morgan fingerprint density at radius 2 is 2.08 bits per heavy atom. The van der Waals surface area contributed by atoms with Crippen molar-refractivity contribution in [3.05, 3.63) is 29.1 Å². The van der Waals surface area contributed by atoms with E-state index < -0.39 is 10.0 Å². The summed E-state index contributed by atoms with van der Waals surface area (Å²) < 4.78 is 33.5. The largest absolute Gasteiger partial charge is 0.462 e. The fourth-order valence-electron chi connectivity index (χ4n) is 2.94. The molecule has 1 N–H and O–H groups in total. The van der Waals surface area contributed by atoms with E-state index in [0.29, 0.717) is 24.6 Å². The average Bonchev–Trinajstić information content (AvgIpc) is 3.00. The van der Waals surface area contributed by atoms with E-state index in [9.17, 15) is 13.2 Å². The van der Waals surface area contributed by atoms with Crippen LogP contribution in [0.2, 0.25) is 0 Å². The van der Waals surface area contributed by atoms with Crippen molar-refractivity contribution in [2.24, 2.45) is 0 Å². The molecule has 26 heavy (non-hydrogen) atoms. The summed E-state index contributed by atoms with van der Waals surface area (Å²) in [6, 6.07) is 6.72. The van der Waals surface area contributed by atoms with Crippen molar-refractivity contribution in [1.82, 2.24) is 9.62 Å². The Bertz CT molecular complexity index is 897. The van der Waals surface area contributed by atoms with Crippen LogP contribution in [-0.4, -0.2) is 50.5 Å². The number of thiophene rings is 1. The van der Waals surface area contributed by atoms with Gasteiger partial charge in [0.2, 0.25) is 10.0 Å². The quantitative estimate of drug-likeness (QED) is 0.772. The number of piperazine rings is 1. The number of halogens is 1. The molecule has 2 heterocycles. The highest BCUT2D eigenvalue weighted by atomic mass is 35.5. The van der Waals surface area contributed by atoms with E-state index in [-0.39, 0.29) is 35.4 Å². The molecule has 2 unspecified atom stereocenters. The molecule has 1 fully saturated rings. The molecule has 0 aliphatic carbocycles. The van der Waals surface area contributed by atoms with Gasteiger partial charge in [-0.2, -0.15) is 4.31 Å². The zero-order chi connectivity index (χ0) is 18.2. The molecule has 3 rings (SSSR count). The predicted molar refractivity (Wildman–Crippen MR) is 106 cm³/mol. The topological polar surface area (TPSA) is 75.7 Å². The second-order valence-electron chi connectivity index (χ2n) is 6.26. The molecule has 1 aliphatic rings. The van der Waals surface area contributed by atoms with Crippen LogP contribution < -0.4 is 5.32 Å². The first kappa shape index (κ1) is 21.1. The molecule has 1 aromatic heterocycles. The second kappa shape index (κ2) is 8.22. The van der Waals surface area contributed by atoms with Crippen LogP contribution in [-0.2, 0) is 14.8 Å². The molecule has 9 heteroatoms. The summed E-state index contributed by atoms with van der Waals surface area (Å²) in [5.41, 5.74) is 0. The lowest BCUT2D eigenvalue weighted by molar-refractivity contribution is 0.0532. The maximum absolute atomic E-state index is 13.0. The van der Waals surface area contributed by atoms with Crippen molar-refractivity contribution in [1.29, 1.82) is 0 Å². The van der Waals surface area contributed by atoms with Crippen LogP contribution in [0, 0.1) is 0 Å². The van der Waals surface area contributed by atoms with Crippen molar-refractivity contribution in [3.63, 3.8) is 0 Å². The minimum Gasteiger partial charge on any atom is -0.462 e. The van der Waals surface area contributed by atoms with Crippen LogP contribution in [0.4, 0.5) is 0 Å². The number of nitrogens with one attached hydrogen (secondary N) is 1. The number of sulfonamides is 1. The van der Waals surface area contributed by atoms with Gasteiger partial charge in [-0.3, -0.25) is 0 Å². The van der Waals surface area contributed by atoms with Crippen LogP contribution in [0.5, 0.6) is 0 Å². The molecular formula is C17H23ClN2O4S2. The molecule has 2 aromatic rings. The number of ether oxygens (including phenoxy) is 1. The van der Waals surface area contributed by atoms with Gasteiger partial charge in [0.05, 0.1) is 11.5 Å². The average molecular weight is 419 g/mol. The summed E-state index contributed by atoms with van der Waals surface area (Å²) in [5.74, 6) is -0.377. The number of fused-ring (bicyclic) bond motifs is 1. The van der Waals surface area contributed by atoms with Crippen LogP contribution in [0.3, 0.4) is 0 Å². The van der Waals surface area contributed by atoms with Gasteiger partial charge in [-0.15, -0.1) is 23.7 Å². The van der Waals surface area contributed by atoms with Crippen molar-refractivity contribution in [2.45, 2.75) is 37.8 Å². The summed E-state index contributed by atoms with van der Waals surface area (Å²) in [4.78, 5) is 12.6. The SMILES string of the molecule is CCOC(=O)c1cc2cc(S(=O)(=O)N3CC(C)NCC3C)ccc2s1.Cl. The van der Waals surface area contributed by atoms with Gasteiger partial charge in [0.15, 0.2) is 0 Å². The Labute approximate surface area is 164 Å². The first-order valence-corrected chi connectivity index (χ1v) is 10.5. The molecule has 0 amide bonds. The summed E-state index contributed by atoms with van der Waals surface area (Å²) in [5, 5.41) is 4.03. The number of benzene rings is 1. The maximum atomic E-state index is 13.0. The predicted octanol–water partition coefficient (Wildman–Crippen LogP) is 2.87. The van der Waals surface area contributed by atoms with E-state index in [1.165, 1.54) is 11.3 Å². The van der Waals surface area contributed by atoms with E-state index in [2.05, 4.69) is 5.32 Å². The van der Waals surface area contributed by atoms with E-state index in [4.69, 9.17) is 4.74 Å². The van der Waals surface area contributed by atoms with Crippen LogP contribution in [0.25, 0.3) is 10.1 Å². The standard InChI is InChI=1S/C17H22N2O4S2.ClH/c1-4-23-17(20)16-8-13-7-14(5-6-15(13)24-16)25(21,22)19-10-11(2)18-9-12(19)3;/h5-8,11-12,18H,4,9-10H2,1-3H3;1H. The van der Waals surface area contributed by atoms with E-state index in [0.717, 1.165) is 10.1 Å². The van der Waals surface area contributed by atoms with Gasteiger partial charge < -0.3 is 10.1 Å². The molecule has 2 atom stereocenters. The summed E-state index contributed by atoms with van der Waals surface area (Å²) in [6.07, 6.45) is 0. The lowest BCUT2D eigenvalue weighted by atomic mass is 10.2. The zero-order valence-corrected chi connectivity index (χ0v) is 17.3. The van der Waals surface area contributed by atoms with E-state index >= 15 is 0 Å². The first-order chi connectivity index (χ1) is 11.8. The fourth-order valence-corrected chi connectivity index (χ4v) is 5.63. The van der Waals surface area contributed by atoms with Crippen LogP contribution in [0.15, 0.2) is 29.2 Å². The number of carbonyl (C=O) groups excluding carboxylic acids is 1. The molecule has 0 radical (unpaired) electrons. The molecule has 1 aromatic carbocycles. The van der Waals surface area contributed by atoms with Gasteiger partial charge in [-0.05, 0) is 50.4 Å². The van der Waals surface area contributed by atoms with E-state index in [1.807, 2.05) is 13.8 Å². The Balaban J connectivity index is 0.00000243. The Kier molecular flexibility index (Phi) is 6.68. The Morgan fingerprint density at radius 3 is 2.77 bits per heavy atom. The molecule has 144 valence electrons. The van der Waals surface area contributed by atoms with Gasteiger partial charge in [-0.25, -0.2) is 13.2 Å². The molecular weight excluding hydrogens is 396 g/mol. The number of esters is 1. The van der Waals surface area contributed by atoms with Crippen molar-refractivity contribution >= 4 is 49.8 Å². The van der Waals surface area contributed by atoms with Gasteiger partial charge in [0.25, 0.3) is 0 Å². The molecule has 1 aliphatic heterocycles. The maximum Gasteiger partial charge on any atom is 0.348 e. The van der Waals surface area contributed by atoms with Gasteiger partial charge in [0, 0.05) is 29.9 Å². The molecule has 6 nitrogen and oxygen atoms in total. The number of hydrogen-bond donors (Lipinski definition) is 1. The number of carbonyl (C=O) groups is 1. The summed E-state index contributed by atoms with van der Waals surface area (Å²) >= 11 is 1.31. The van der Waals surface area contributed by atoms with Gasteiger partial charge >= 0.3 is 5.97 Å². The third-order valence-electron chi connectivity index (χ3n) is 4.28. The second-order valence-corrected chi connectivity index (χ2v) is 9.24. The van der Waals surface area contributed by atoms with Gasteiger partial charge in [0.1, 0.15) is 4.88 Å². The van der Waals surface area contributed by atoms with Crippen LogP contribution >= 0.6 is 23.7 Å². The molecule has 1 saturated heterocycles. The van der Waals surface area contributed by atoms with Crippen molar-refractivity contribution in [3.8, 4) is 0 Å². The third kappa shape index (κ3) is 4.04. The summed E-state index contributed by atoms with van der Waals surface area (Å²) in [7, 11) is -3.58. The Hall–Kier alpha value is -1.19. The number of nitrogens with zero attached hydrogens (tertiary/aromatic N) is 1. The van der Waals surface area contributed by atoms with E-state index in [1.54, 1.807) is 35.5 Å². The number of rotatable bonds is 4. The molecule has 0 bridgehead atoms.